The third-order valence-electron chi connectivity index (χ3n) is 4.77. The molecule has 0 radical (unpaired) electrons. The minimum absolute atomic E-state index is 0.151. The van der Waals surface area contributed by atoms with E-state index in [1.807, 2.05) is 6.07 Å². The van der Waals surface area contributed by atoms with Crippen LogP contribution in [-0.2, 0) is 6.54 Å². The van der Waals surface area contributed by atoms with E-state index in [9.17, 15) is 4.39 Å². The van der Waals surface area contributed by atoms with Gasteiger partial charge in [-0.25, -0.2) is 4.39 Å². The molecule has 0 amide bonds. The average Bonchev–Trinajstić information content (AvgIpc) is 3.04. The van der Waals surface area contributed by atoms with E-state index in [1.54, 1.807) is 12.1 Å². The Hall–Kier alpha value is -1.44. The van der Waals surface area contributed by atoms with Crippen LogP contribution in [0.5, 0.6) is 0 Å². The molecule has 3 rings (SSSR count). The zero-order chi connectivity index (χ0) is 14.7. The summed E-state index contributed by atoms with van der Waals surface area (Å²) in [6.07, 6.45) is 5.13. The topological polar surface area (TPSA) is 39.1 Å². The maximum absolute atomic E-state index is 13.4. The van der Waals surface area contributed by atoms with Crippen LogP contribution in [0.3, 0.4) is 0 Å². The molecule has 0 saturated carbocycles. The maximum atomic E-state index is 13.4. The van der Waals surface area contributed by atoms with Crippen molar-refractivity contribution in [1.82, 2.24) is 10.2 Å². The van der Waals surface area contributed by atoms with Crippen LogP contribution in [0.4, 0.5) is 4.39 Å². The van der Waals surface area contributed by atoms with Gasteiger partial charge < -0.3 is 5.32 Å². The lowest BCUT2D eigenvalue weighted by Gasteiger charge is -2.35. The highest BCUT2D eigenvalue weighted by Crippen LogP contribution is 2.25. The van der Waals surface area contributed by atoms with Gasteiger partial charge in [0.05, 0.1) is 5.56 Å². The first-order valence-corrected chi connectivity index (χ1v) is 7.90. The average molecular weight is 287 g/mol. The fourth-order valence-corrected chi connectivity index (χ4v) is 3.69. The van der Waals surface area contributed by atoms with Gasteiger partial charge in [-0.3, -0.25) is 4.90 Å². The van der Waals surface area contributed by atoms with Crippen molar-refractivity contribution in [3.8, 4) is 6.07 Å². The second-order valence-corrected chi connectivity index (χ2v) is 6.27. The summed E-state index contributed by atoms with van der Waals surface area (Å²) in [5.41, 5.74) is 1.19. The van der Waals surface area contributed by atoms with Crippen LogP contribution in [0.2, 0.25) is 0 Å². The Morgan fingerprint density at radius 1 is 1.33 bits per heavy atom. The molecule has 4 heteroatoms. The molecule has 2 atom stereocenters. The molecule has 3 nitrogen and oxygen atoms in total. The highest BCUT2D eigenvalue weighted by atomic mass is 19.1. The summed E-state index contributed by atoms with van der Waals surface area (Å²) in [5.74, 6) is 0.310. The minimum Gasteiger partial charge on any atom is -0.314 e. The van der Waals surface area contributed by atoms with Crippen LogP contribution in [-0.4, -0.2) is 30.6 Å². The maximum Gasteiger partial charge on any atom is 0.140 e. The van der Waals surface area contributed by atoms with Gasteiger partial charge in [0.2, 0.25) is 0 Å². The van der Waals surface area contributed by atoms with E-state index in [0.717, 1.165) is 37.7 Å². The lowest BCUT2D eigenvalue weighted by atomic mass is 9.89. The molecule has 0 aliphatic carbocycles. The number of halogens is 1. The highest BCUT2D eigenvalue weighted by molar-refractivity contribution is 5.34. The summed E-state index contributed by atoms with van der Waals surface area (Å²) in [5, 5.41) is 12.5. The van der Waals surface area contributed by atoms with Crippen LogP contribution in [0, 0.1) is 23.1 Å². The van der Waals surface area contributed by atoms with Gasteiger partial charge in [0.25, 0.3) is 0 Å². The van der Waals surface area contributed by atoms with Crippen molar-refractivity contribution in [1.29, 1.82) is 5.26 Å². The standard InChI is InChI=1S/C17H22FN3/c18-16-6-5-13(9-15(16)10-19)11-21-8-2-3-14(12-21)17-4-1-7-20-17/h5-6,9,14,17,20H,1-4,7-8,11-12H2. The summed E-state index contributed by atoms with van der Waals surface area (Å²) < 4.78 is 13.4. The van der Waals surface area contributed by atoms with Crippen LogP contribution in [0.1, 0.15) is 36.8 Å². The largest absolute Gasteiger partial charge is 0.314 e. The van der Waals surface area contributed by atoms with Gasteiger partial charge in [0.1, 0.15) is 11.9 Å². The van der Waals surface area contributed by atoms with E-state index in [-0.39, 0.29) is 5.56 Å². The molecular weight excluding hydrogens is 265 g/mol. The van der Waals surface area contributed by atoms with E-state index < -0.39 is 5.82 Å². The summed E-state index contributed by atoms with van der Waals surface area (Å²) in [7, 11) is 0. The van der Waals surface area contributed by atoms with Crippen molar-refractivity contribution < 1.29 is 4.39 Å². The van der Waals surface area contributed by atoms with Crippen LogP contribution < -0.4 is 5.32 Å². The number of rotatable bonds is 3. The van der Waals surface area contributed by atoms with Crippen LogP contribution in [0.15, 0.2) is 18.2 Å². The Morgan fingerprint density at radius 2 is 2.24 bits per heavy atom. The number of nitrogens with one attached hydrogen (secondary N) is 1. The number of benzene rings is 1. The molecule has 0 spiro atoms. The van der Waals surface area contributed by atoms with E-state index >= 15 is 0 Å². The van der Waals surface area contributed by atoms with Crippen molar-refractivity contribution in [3.63, 3.8) is 0 Å². The van der Waals surface area contributed by atoms with Gasteiger partial charge in [-0.1, -0.05) is 6.07 Å². The first kappa shape index (κ1) is 14.5. The highest BCUT2D eigenvalue weighted by Gasteiger charge is 2.28. The zero-order valence-corrected chi connectivity index (χ0v) is 12.3. The normalized spacial score (nSPS) is 26.7. The van der Waals surface area contributed by atoms with Gasteiger partial charge >= 0.3 is 0 Å². The van der Waals surface area contributed by atoms with Crippen molar-refractivity contribution in [2.75, 3.05) is 19.6 Å². The molecule has 1 aromatic carbocycles. The molecule has 112 valence electrons. The predicted octanol–water partition coefficient (Wildman–Crippen LogP) is 2.66. The fourth-order valence-electron chi connectivity index (χ4n) is 3.69. The lowest BCUT2D eigenvalue weighted by Crippen LogP contribution is -2.43. The van der Waals surface area contributed by atoms with Crippen molar-refractivity contribution in [2.45, 2.75) is 38.3 Å². The molecule has 2 aliphatic rings. The number of nitrogens with zero attached hydrogens (tertiary/aromatic N) is 2. The molecule has 1 aromatic rings. The molecule has 2 saturated heterocycles. The van der Waals surface area contributed by atoms with E-state index in [0.29, 0.717) is 6.04 Å². The van der Waals surface area contributed by atoms with Gasteiger partial charge in [-0.05, 0) is 62.4 Å². The summed E-state index contributed by atoms with van der Waals surface area (Å²) in [4.78, 5) is 2.45. The van der Waals surface area contributed by atoms with Crippen molar-refractivity contribution in [3.05, 3.63) is 35.1 Å². The predicted molar refractivity (Wildman–Crippen MR) is 80.1 cm³/mol. The van der Waals surface area contributed by atoms with E-state index in [4.69, 9.17) is 5.26 Å². The van der Waals surface area contributed by atoms with Gasteiger partial charge in [0.15, 0.2) is 0 Å². The number of nitriles is 1. The molecule has 2 heterocycles. The summed E-state index contributed by atoms with van der Waals surface area (Å²) >= 11 is 0. The molecule has 21 heavy (non-hydrogen) atoms. The van der Waals surface area contributed by atoms with Crippen LogP contribution in [0.25, 0.3) is 0 Å². The first-order chi connectivity index (χ1) is 10.3. The van der Waals surface area contributed by atoms with Crippen molar-refractivity contribution >= 4 is 0 Å². The fraction of sp³-hybridized carbons (Fsp3) is 0.588. The summed E-state index contributed by atoms with van der Waals surface area (Å²) in [6, 6.07) is 7.50. The van der Waals surface area contributed by atoms with Crippen molar-refractivity contribution in [2.24, 2.45) is 5.92 Å². The van der Waals surface area contributed by atoms with E-state index in [1.165, 1.54) is 31.7 Å². The van der Waals surface area contributed by atoms with Gasteiger partial charge in [-0.15, -0.1) is 0 Å². The SMILES string of the molecule is N#Cc1cc(CN2CCCC(C3CCCN3)C2)ccc1F. The monoisotopic (exact) mass is 287 g/mol. The Morgan fingerprint density at radius 3 is 3.00 bits per heavy atom. The molecule has 2 unspecified atom stereocenters. The molecule has 2 fully saturated rings. The Labute approximate surface area is 125 Å². The Kier molecular flexibility index (Phi) is 4.52. The smallest absolute Gasteiger partial charge is 0.140 e. The third kappa shape index (κ3) is 3.42. The number of piperidine rings is 1. The summed E-state index contributed by atoms with van der Waals surface area (Å²) in [6.45, 7) is 4.18. The second-order valence-electron chi connectivity index (χ2n) is 6.27. The first-order valence-electron chi connectivity index (χ1n) is 7.90. The molecule has 1 N–H and O–H groups in total. The van der Waals surface area contributed by atoms with Crippen LogP contribution >= 0.6 is 0 Å². The number of hydrogen-bond donors (Lipinski definition) is 1. The second kappa shape index (κ2) is 6.55. The quantitative estimate of drug-likeness (QED) is 0.929. The van der Waals surface area contributed by atoms with E-state index in [2.05, 4.69) is 10.2 Å². The van der Waals surface area contributed by atoms with Gasteiger partial charge in [0, 0.05) is 19.1 Å². The third-order valence-corrected chi connectivity index (χ3v) is 4.77. The minimum atomic E-state index is -0.423. The molecule has 0 aromatic heterocycles. The lowest BCUT2D eigenvalue weighted by molar-refractivity contribution is 0.145. The Balaban J connectivity index is 1.63. The molecular formula is C17H22FN3. The molecule has 2 aliphatic heterocycles. The number of hydrogen-bond acceptors (Lipinski definition) is 3. The zero-order valence-electron chi connectivity index (χ0n) is 12.3. The van der Waals surface area contributed by atoms with Gasteiger partial charge in [-0.2, -0.15) is 5.26 Å². The molecule has 0 bridgehead atoms. The number of likely N-dealkylation sites (tertiary alicyclic amines) is 1. The Bertz CT molecular complexity index is 531.